The summed E-state index contributed by atoms with van der Waals surface area (Å²) in [5.41, 5.74) is 0.391. The summed E-state index contributed by atoms with van der Waals surface area (Å²) >= 11 is 7.17. The van der Waals surface area contributed by atoms with Crippen molar-refractivity contribution in [1.82, 2.24) is 10.6 Å². The molecule has 1 aromatic carbocycles. The monoisotopic (exact) mass is 360 g/mol. The average molecular weight is 361 g/mol. The molecule has 0 aliphatic carbocycles. The lowest BCUT2D eigenvalue weighted by Crippen LogP contribution is -2.69. The van der Waals surface area contributed by atoms with Crippen LogP contribution in [0.3, 0.4) is 0 Å². The lowest BCUT2D eigenvalue weighted by Gasteiger charge is -2.50. The minimum Gasteiger partial charge on any atom is -0.508 e. The van der Waals surface area contributed by atoms with E-state index in [-0.39, 0.29) is 17.2 Å². The fourth-order valence-corrected chi connectivity index (χ4v) is 5.18. The number of aromatic hydroxyl groups is 1. The van der Waals surface area contributed by atoms with Gasteiger partial charge in [0.15, 0.2) is 10.8 Å². The molecule has 4 nitrogen and oxygen atoms in total. The quantitative estimate of drug-likeness (QED) is 0.677. The van der Waals surface area contributed by atoms with Gasteiger partial charge in [-0.3, -0.25) is 0 Å². The third kappa shape index (κ3) is 2.74. The van der Waals surface area contributed by atoms with E-state index in [1.54, 1.807) is 23.5 Å². The van der Waals surface area contributed by atoms with Crippen LogP contribution in [0.5, 0.6) is 11.5 Å². The summed E-state index contributed by atoms with van der Waals surface area (Å²) in [5, 5.41) is 19.3. The fourth-order valence-electron chi connectivity index (χ4n) is 3.87. The summed E-state index contributed by atoms with van der Waals surface area (Å²) in [6.07, 6.45) is 1.58. The fraction of sp³-hybridized carbons (Fsp3) is 0.389. The number of thiophene rings is 1. The molecule has 3 N–H and O–H groups in total. The Morgan fingerprint density at radius 2 is 2.12 bits per heavy atom. The molecule has 2 aromatic rings. The highest BCUT2D eigenvalue weighted by Crippen LogP contribution is 2.48. The number of ether oxygens (including phenoxy) is 1. The number of hydrogen-bond donors (Lipinski definition) is 3. The van der Waals surface area contributed by atoms with Gasteiger partial charge in [0.05, 0.1) is 0 Å². The molecule has 0 radical (unpaired) electrons. The molecule has 1 fully saturated rings. The highest BCUT2D eigenvalue weighted by atomic mass is 32.1. The number of fused-ring (bicyclic) bond motifs is 1. The first-order chi connectivity index (χ1) is 11.4. The molecule has 4 rings (SSSR count). The minimum atomic E-state index is -0.568. The topological polar surface area (TPSA) is 53.5 Å². The Morgan fingerprint density at radius 3 is 2.83 bits per heavy atom. The van der Waals surface area contributed by atoms with E-state index in [1.165, 1.54) is 4.88 Å². The summed E-state index contributed by atoms with van der Waals surface area (Å²) in [7, 11) is 0. The van der Waals surface area contributed by atoms with Gasteiger partial charge in [0, 0.05) is 40.8 Å². The third-order valence-electron chi connectivity index (χ3n) is 4.62. The van der Waals surface area contributed by atoms with E-state index < -0.39 is 5.72 Å². The van der Waals surface area contributed by atoms with Gasteiger partial charge in [-0.25, -0.2) is 0 Å². The van der Waals surface area contributed by atoms with E-state index in [0.29, 0.717) is 5.11 Å². The lowest BCUT2D eigenvalue weighted by atomic mass is 9.79. The first-order valence-electron chi connectivity index (χ1n) is 8.02. The summed E-state index contributed by atoms with van der Waals surface area (Å²) in [4.78, 5) is 1.30. The van der Waals surface area contributed by atoms with Gasteiger partial charge in [-0.1, -0.05) is 12.1 Å². The summed E-state index contributed by atoms with van der Waals surface area (Å²) in [5.74, 6) is 1.16. The van der Waals surface area contributed by atoms with Gasteiger partial charge in [-0.15, -0.1) is 11.3 Å². The van der Waals surface area contributed by atoms with E-state index in [4.69, 9.17) is 17.0 Å². The number of benzene rings is 1. The molecule has 1 spiro atoms. The first kappa shape index (κ1) is 15.7. The first-order valence-corrected chi connectivity index (χ1v) is 9.30. The second kappa shape index (κ2) is 5.36. The van der Waals surface area contributed by atoms with Gasteiger partial charge in [-0.2, -0.15) is 0 Å². The minimum absolute atomic E-state index is 0.156. The number of hydrogen-bond acceptors (Lipinski definition) is 4. The molecule has 0 amide bonds. The molecule has 2 aliphatic heterocycles. The maximum atomic E-state index is 9.91. The van der Waals surface area contributed by atoms with Crippen molar-refractivity contribution in [2.24, 2.45) is 0 Å². The highest BCUT2D eigenvalue weighted by molar-refractivity contribution is 7.80. The Morgan fingerprint density at radius 1 is 1.29 bits per heavy atom. The van der Waals surface area contributed by atoms with E-state index in [2.05, 4.69) is 42.0 Å². The van der Waals surface area contributed by atoms with Crippen LogP contribution in [0, 0.1) is 0 Å². The van der Waals surface area contributed by atoms with Crippen molar-refractivity contribution >= 4 is 28.7 Å². The predicted molar refractivity (Wildman–Crippen MR) is 99.8 cm³/mol. The van der Waals surface area contributed by atoms with E-state index >= 15 is 0 Å². The van der Waals surface area contributed by atoms with Crippen molar-refractivity contribution in [3.8, 4) is 11.5 Å². The standard InChI is InChI=1S/C18H20N2O2S2/c1-17(2)10-18(20-16(23)19-17)9-13(15-4-3-7-24-15)12-6-5-11(21)8-14(12)22-18/h3-8,13,21H,9-10H2,1-2H3,(H2,19,20,23). The molecule has 0 saturated carbocycles. The Hall–Kier alpha value is -1.79. The number of phenolic OH excluding ortho intramolecular Hbond substituents is 1. The van der Waals surface area contributed by atoms with E-state index in [1.807, 2.05) is 6.07 Å². The van der Waals surface area contributed by atoms with Gasteiger partial charge in [0.1, 0.15) is 11.5 Å². The van der Waals surface area contributed by atoms with Crippen LogP contribution in [-0.4, -0.2) is 21.5 Å². The van der Waals surface area contributed by atoms with Crippen LogP contribution in [0.2, 0.25) is 0 Å². The Kier molecular flexibility index (Phi) is 3.51. The van der Waals surface area contributed by atoms with Crippen LogP contribution in [-0.2, 0) is 0 Å². The molecular formula is C18H20N2O2S2. The Bertz CT molecular complexity index is 788. The van der Waals surface area contributed by atoms with Gasteiger partial charge >= 0.3 is 0 Å². The number of thiocarbonyl (C=S) groups is 1. The molecule has 2 unspecified atom stereocenters. The molecule has 3 heterocycles. The van der Waals surface area contributed by atoms with Crippen LogP contribution in [0.1, 0.15) is 43.0 Å². The van der Waals surface area contributed by atoms with Crippen LogP contribution in [0.15, 0.2) is 35.7 Å². The highest BCUT2D eigenvalue weighted by Gasteiger charge is 2.48. The zero-order valence-corrected chi connectivity index (χ0v) is 15.3. The van der Waals surface area contributed by atoms with Crippen LogP contribution < -0.4 is 15.4 Å². The smallest absolute Gasteiger partial charge is 0.185 e. The molecule has 1 aromatic heterocycles. The van der Waals surface area contributed by atoms with Crippen LogP contribution >= 0.6 is 23.6 Å². The average Bonchev–Trinajstić information content (AvgIpc) is 2.97. The molecule has 1 saturated heterocycles. The van der Waals surface area contributed by atoms with Crippen molar-refractivity contribution in [2.45, 2.75) is 43.9 Å². The summed E-state index contributed by atoms with van der Waals surface area (Å²) in [6.45, 7) is 4.26. The van der Waals surface area contributed by atoms with Crippen LogP contribution in [0.4, 0.5) is 0 Å². The summed E-state index contributed by atoms with van der Waals surface area (Å²) in [6, 6.07) is 9.64. The van der Waals surface area contributed by atoms with Gasteiger partial charge in [-0.05, 0) is 43.6 Å². The van der Waals surface area contributed by atoms with Gasteiger partial charge in [0.2, 0.25) is 0 Å². The SMILES string of the molecule is CC1(C)CC2(CC(c3cccs3)c3ccc(O)cc3O2)NC(=S)N1. The normalized spacial score (nSPS) is 27.8. The van der Waals surface area contributed by atoms with E-state index in [9.17, 15) is 5.11 Å². The third-order valence-corrected chi connectivity index (χ3v) is 5.81. The zero-order chi connectivity index (χ0) is 16.9. The Balaban J connectivity index is 1.81. The molecule has 6 heteroatoms. The number of rotatable bonds is 1. The summed E-state index contributed by atoms with van der Waals surface area (Å²) < 4.78 is 6.38. The molecule has 2 atom stereocenters. The predicted octanol–water partition coefficient (Wildman–Crippen LogP) is 3.71. The zero-order valence-electron chi connectivity index (χ0n) is 13.6. The molecule has 2 aliphatic rings. The van der Waals surface area contributed by atoms with Crippen molar-refractivity contribution in [3.63, 3.8) is 0 Å². The Labute approximate surface area is 150 Å². The van der Waals surface area contributed by atoms with Gasteiger partial charge < -0.3 is 20.5 Å². The second-order valence-electron chi connectivity index (χ2n) is 7.23. The molecular weight excluding hydrogens is 340 g/mol. The van der Waals surface area contributed by atoms with Crippen molar-refractivity contribution in [2.75, 3.05) is 0 Å². The number of phenols is 1. The van der Waals surface area contributed by atoms with Gasteiger partial charge in [0.25, 0.3) is 0 Å². The molecule has 0 bridgehead atoms. The second-order valence-corrected chi connectivity index (χ2v) is 8.62. The van der Waals surface area contributed by atoms with Crippen molar-refractivity contribution < 1.29 is 9.84 Å². The molecule has 126 valence electrons. The largest absolute Gasteiger partial charge is 0.508 e. The van der Waals surface area contributed by atoms with Crippen LogP contribution in [0.25, 0.3) is 0 Å². The number of nitrogens with one attached hydrogen (secondary N) is 2. The molecule has 24 heavy (non-hydrogen) atoms. The maximum absolute atomic E-state index is 9.91. The lowest BCUT2D eigenvalue weighted by molar-refractivity contribution is -0.0125. The van der Waals surface area contributed by atoms with Crippen molar-refractivity contribution in [3.05, 3.63) is 46.2 Å². The maximum Gasteiger partial charge on any atom is 0.185 e. The van der Waals surface area contributed by atoms with Crippen molar-refractivity contribution in [1.29, 1.82) is 0 Å². The van der Waals surface area contributed by atoms with E-state index in [0.717, 1.165) is 24.2 Å².